The molecule has 1 rings (SSSR count). The lowest BCUT2D eigenvalue weighted by atomic mass is 10.2. The van der Waals surface area contributed by atoms with Crippen molar-refractivity contribution in [2.45, 2.75) is 6.92 Å². The number of esters is 1. The zero-order chi connectivity index (χ0) is 12.0. The Morgan fingerprint density at radius 1 is 1.44 bits per heavy atom. The van der Waals surface area contributed by atoms with Gasteiger partial charge in [-0.05, 0) is 25.1 Å². The molecule has 0 bridgehead atoms. The Hall–Kier alpha value is -0.940. The Balaban J connectivity index is 2.55. The van der Waals surface area contributed by atoms with Gasteiger partial charge in [0.25, 0.3) is 0 Å². The van der Waals surface area contributed by atoms with Gasteiger partial charge in [-0.2, -0.15) is 0 Å². The van der Waals surface area contributed by atoms with Gasteiger partial charge in [0.05, 0.1) is 12.2 Å². The minimum Gasteiger partial charge on any atom is -0.460 e. The number of halogens is 2. The summed E-state index contributed by atoms with van der Waals surface area (Å²) in [7, 11) is 0. The lowest BCUT2D eigenvalue weighted by Gasteiger charge is -2.05. The van der Waals surface area contributed by atoms with Crippen LogP contribution >= 0.6 is 15.9 Å². The van der Waals surface area contributed by atoms with Crippen LogP contribution < -0.4 is 0 Å². The maximum absolute atomic E-state index is 13.2. The Morgan fingerprint density at radius 3 is 2.88 bits per heavy atom. The van der Waals surface area contributed by atoms with E-state index >= 15 is 0 Å². The van der Waals surface area contributed by atoms with E-state index in [2.05, 4.69) is 15.9 Å². The summed E-state index contributed by atoms with van der Waals surface area (Å²) in [6, 6.07) is 4.12. The molecule has 0 amide bonds. The summed E-state index contributed by atoms with van der Waals surface area (Å²) in [5.41, 5.74) is -0.0779. The Labute approximate surface area is 102 Å². The van der Waals surface area contributed by atoms with E-state index in [0.29, 0.717) is 17.7 Å². The summed E-state index contributed by atoms with van der Waals surface area (Å²) >= 11 is 3.16. The number of carbonyl (C=O) groups excluding carboxylic acids is 1. The van der Waals surface area contributed by atoms with Crippen LogP contribution in [0.4, 0.5) is 4.39 Å². The van der Waals surface area contributed by atoms with Crippen LogP contribution in [0, 0.1) is 5.82 Å². The second kappa shape index (κ2) is 6.60. The van der Waals surface area contributed by atoms with Gasteiger partial charge in [0.2, 0.25) is 0 Å². The van der Waals surface area contributed by atoms with Crippen LogP contribution in [0.2, 0.25) is 0 Å². The second-order valence-electron chi connectivity index (χ2n) is 2.96. The van der Waals surface area contributed by atoms with Crippen LogP contribution in [-0.4, -0.2) is 25.8 Å². The molecule has 1 aromatic carbocycles. The van der Waals surface area contributed by atoms with E-state index in [1.807, 2.05) is 6.92 Å². The normalized spacial score (nSPS) is 10.2. The predicted octanol–water partition coefficient (Wildman–Crippen LogP) is 2.78. The first kappa shape index (κ1) is 13.1. The van der Waals surface area contributed by atoms with E-state index in [4.69, 9.17) is 9.47 Å². The quantitative estimate of drug-likeness (QED) is 0.618. The topological polar surface area (TPSA) is 35.5 Å². The number of rotatable bonds is 5. The molecule has 0 N–H and O–H groups in total. The summed E-state index contributed by atoms with van der Waals surface area (Å²) < 4.78 is 23.7. The molecule has 0 saturated carbocycles. The Kier molecular flexibility index (Phi) is 5.42. The number of carbonyl (C=O) groups is 1. The fraction of sp³-hybridized carbons (Fsp3) is 0.364. The zero-order valence-electron chi connectivity index (χ0n) is 8.83. The third-order valence-corrected chi connectivity index (χ3v) is 2.31. The highest BCUT2D eigenvalue weighted by molar-refractivity contribution is 9.10. The standard InChI is InChI=1S/C11H12BrFO3/c1-2-15-5-6-16-11(14)9-7-8(12)3-4-10(9)13/h3-4,7H,2,5-6H2,1H3. The van der Waals surface area contributed by atoms with Crippen LogP contribution in [0.5, 0.6) is 0 Å². The van der Waals surface area contributed by atoms with Crippen LogP contribution in [0.25, 0.3) is 0 Å². The molecule has 0 aliphatic rings. The molecular formula is C11H12BrFO3. The zero-order valence-corrected chi connectivity index (χ0v) is 10.4. The molecule has 0 saturated heterocycles. The number of benzene rings is 1. The third-order valence-electron chi connectivity index (χ3n) is 1.81. The van der Waals surface area contributed by atoms with Gasteiger partial charge in [0.1, 0.15) is 12.4 Å². The molecule has 5 heteroatoms. The maximum Gasteiger partial charge on any atom is 0.341 e. The van der Waals surface area contributed by atoms with Crippen molar-refractivity contribution in [2.75, 3.05) is 19.8 Å². The molecule has 0 fully saturated rings. The van der Waals surface area contributed by atoms with Crippen molar-refractivity contribution in [3.05, 3.63) is 34.1 Å². The van der Waals surface area contributed by atoms with Crippen LogP contribution in [-0.2, 0) is 9.47 Å². The highest BCUT2D eigenvalue weighted by Gasteiger charge is 2.13. The molecule has 3 nitrogen and oxygen atoms in total. The maximum atomic E-state index is 13.2. The first-order valence-corrected chi connectivity index (χ1v) is 5.64. The lowest BCUT2D eigenvalue weighted by molar-refractivity contribution is 0.0331. The second-order valence-corrected chi connectivity index (χ2v) is 3.87. The lowest BCUT2D eigenvalue weighted by Crippen LogP contribution is -2.12. The smallest absolute Gasteiger partial charge is 0.341 e. The van der Waals surface area contributed by atoms with Gasteiger partial charge in [-0.15, -0.1) is 0 Å². The van der Waals surface area contributed by atoms with Gasteiger partial charge >= 0.3 is 5.97 Å². The molecular weight excluding hydrogens is 279 g/mol. The molecule has 0 aliphatic heterocycles. The van der Waals surface area contributed by atoms with Gasteiger partial charge in [-0.25, -0.2) is 9.18 Å². The Morgan fingerprint density at radius 2 is 2.19 bits per heavy atom. The van der Waals surface area contributed by atoms with E-state index in [-0.39, 0.29) is 12.2 Å². The minimum atomic E-state index is -0.682. The van der Waals surface area contributed by atoms with Crippen molar-refractivity contribution < 1.29 is 18.7 Å². The molecule has 0 atom stereocenters. The van der Waals surface area contributed by atoms with Crippen molar-refractivity contribution in [3.8, 4) is 0 Å². The molecule has 0 aliphatic carbocycles. The van der Waals surface area contributed by atoms with Crippen molar-refractivity contribution in [1.82, 2.24) is 0 Å². The summed E-state index contributed by atoms with van der Waals surface area (Å²) in [5.74, 6) is -1.27. The molecule has 16 heavy (non-hydrogen) atoms. The summed E-state index contributed by atoms with van der Waals surface area (Å²) in [4.78, 5) is 11.4. The van der Waals surface area contributed by atoms with Gasteiger partial charge in [0.15, 0.2) is 0 Å². The van der Waals surface area contributed by atoms with E-state index in [1.54, 1.807) is 0 Å². The molecule has 0 heterocycles. The van der Waals surface area contributed by atoms with Crippen molar-refractivity contribution in [3.63, 3.8) is 0 Å². The van der Waals surface area contributed by atoms with Crippen molar-refractivity contribution in [1.29, 1.82) is 0 Å². The van der Waals surface area contributed by atoms with Crippen LogP contribution in [0.3, 0.4) is 0 Å². The first-order valence-electron chi connectivity index (χ1n) is 4.85. The molecule has 0 spiro atoms. The van der Waals surface area contributed by atoms with Gasteiger partial charge < -0.3 is 9.47 Å². The number of hydrogen-bond donors (Lipinski definition) is 0. The fourth-order valence-electron chi connectivity index (χ4n) is 1.07. The van der Waals surface area contributed by atoms with Crippen LogP contribution in [0.1, 0.15) is 17.3 Å². The van der Waals surface area contributed by atoms with E-state index in [0.717, 1.165) is 0 Å². The van der Waals surface area contributed by atoms with Crippen molar-refractivity contribution in [2.24, 2.45) is 0 Å². The van der Waals surface area contributed by atoms with Crippen molar-refractivity contribution >= 4 is 21.9 Å². The Bertz CT molecular complexity index is 368. The van der Waals surface area contributed by atoms with E-state index in [9.17, 15) is 9.18 Å². The van der Waals surface area contributed by atoms with Gasteiger partial charge in [-0.3, -0.25) is 0 Å². The average Bonchev–Trinajstić information content (AvgIpc) is 2.27. The van der Waals surface area contributed by atoms with Gasteiger partial charge in [-0.1, -0.05) is 15.9 Å². The van der Waals surface area contributed by atoms with Gasteiger partial charge in [0, 0.05) is 11.1 Å². The van der Waals surface area contributed by atoms with Crippen LogP contribution in [0.15, 0.2) is 22.7 Å². The molecule has 1 aromatic rings. The SMILES string of the molecule is CCOCCOC(=O)c1cc(Br)ccc1F. The van der Waals surface area contributed by atoms with E-state index in [1.165, 1.54) is 18.2 Å². The molecule has 0 unspecified atom stereocenters. The summed E-state index contributed by atoms with van der Waals surface area (Å²) in [6.07, 6.45) is 0. The fourth-order valence-corrected chi connectivity index (χ4v) is 1.43. The predicted molar refractivity (Wildman–Crippen MR) is 60.9 cm³/mol. The molecule has 0 aromatic heterocycles. The highest BCUT2D eigenvalue weighted by Crippen LogP contribution is 2.16. The number of hydrogen-bond acceptors (Lipinski definition) is 3. The third kappa shape index (κ3) is 3.90. The minimum absolute atomic E-state index is 0.0779. The highest BCUT2D eigenvalue weighted by atomic mass is 79.9. The summed E-state index contributed by atoms with van der Waals surface area (Å²) in [5, 5.41) is 0. The first-order chi connectivity index (χ1) is 7.65. The molecule has 0 radical (unpaired) electrons. The average molecular weight is 291 g/mol. The summed E-state index contributed by atoms with van der Waals surface area (Å²) in [6.45, 7) is 2.84. The largest absolute Gasteiger partial charge is 0.460 e. The monoisotopic (exact) mass is 290 g/mol. The number of ether oxygens (including phenoxy) is 2. The van der Waals surface area contributed by atoms with E-state index < -0.39 is 11.8 Å². The molecule has 88 valence electrons.